The van der Waals surface area contributed by atoms with Crippen LogP contribution in [0.1, 0.15) is 56.9 Å². The Morgan fingerprint density at radius 1 is 1.04 bits per heavy atom. The standard InChI is InChI=1S/C20H28N2O3/c23-18(15-20(25)11-1-2-12-20)21-17-8-5-16(6-9-17)7-10-19(24)22-13-3-4-14-22/h5-6,8-9,25H,1-4,7,10-15H2,(H,21,23). The summed E-state index contributed by atoms with van der Waals surface area (Å²) in [6.07, 6.45) is 7.09. The molecule has 1 aromatic carbocycles. The van der Waals surface area contributed by atoms with Crippen molar-refractivity contribution in [2.45, 2.75) is 63.4 Å². The molecule has 1 saturated carbocycles. The summed E-state index contributed by atoms with van der Waals surface area (Å²) in [5.74, 6) is 0.0982. The average molecular weight is 344 g/mol. The number of hydrogen-bond acceptors (Lipinski definition) is 3. The van der Waals surface area contributed by atoms with Crippen molar-refractivity contribution in [3.63, 3.8) is 0 Å². The van der Waals surface area contributed by atoms with Crippen molar-refractivity contribution in [1.82, 2.24) is 4.90 Å². The Morgan fingerprint density at radius 3 is 2.32 bits per heavy atom. The predicted octanol–water partition coefficient (Wildman–Crippen LogP) is 2.88. The molecule has 25 heavy (non-hydrogen) atoms. The van der Waals surface area contributed by atoms with E-state index in [1.54, 1.807) is 0 Å². The second-order valence-electron chi connectivity index (χ2n) is 7.44. The largest absolute Gasteiger partial charge is 0.389 e. The number of hydrogen-bond donors (Lipinski definition) is 2. The highest BCUT2D eigenvalue weighted by molar-refractivity contribution is 5.91. The van der Waals surface area contributed by atoms with Crippen molar-refractivity contribution in [2.75, 3.05) is 18.4 Å². The summed E-state index contributed by atoms with van der Waals surface area (Å²) in [4.78, 5) is 26.1. The number of nitrogens with zero attached hydrogens (tertiary/aromatic N) is 1. The first-order valence-corrected chi connectivity index (χ1v) is 9.43. The third-order valence-corrected chi connectivity index (χ3v) is 5.35. The van der Waals surface area contributed by atoms with E-state index in [4.69, 9.17) is 0 Å². The third-order valence-electron chi connectivity index (χ3n) is 5.35. The number of carbonyl (C=O) groups is 2. The van der Waals surface area contributed by atoms with Crippen LogP contribution < -0.4 is 5.32 Å². The van der Waals surface area contributed by atoms with Gasteiger partial charge in [-0.25, -0.2) is 0 Å². The quantitative estimate of drug-likeness (QED) is 0.834. The maximum Gasteiger partial charge on any atom is 0.227 e. The Labute approximate surface area is 149 Å². The number of likely N-dealkylation sites (tertiary alicyclic amines) is 1. The Hall–Kier alpha value is -1.88. The van der Waals surface area contributed by atoms with E-state index >= 15 is 0 Å². The van der Waals surface area contributed by atoms with Crippen LogP contribution in [0, 0.1) is 0 Å². The monoisotopic (exact) mass is 344 g/mol. The molecule has 2 fully saturated rings. The summed E-state index contributed by atoms with van der Waals surface area (Å²) in [7, 11) is 0. The highest BCUT2D eigenvalue weighted by Gasteiger charge is 2.33. The molecule has 1 heterocycles. The molecule has 5 heteroatoms. The van der Waals surface area contributed by atoms with Crippen LogP contribution in [-0.4, -0.2) is 40.5 Å². The van der Waals surface area contributed by atoms with E-state index < -0.39 is 5.60 Å². The van der Waals surface area contributed by atoms with E-state index in [9.17, 15) is 14.7 Å². The number of benzene rings is 1. The van der Waals surface area contributed by atoms with Crippen LogP contribution in [0.25, 0.3) is 0 Å². The number of rotatable bonds is 6. The first-order valence-electron chi connectivity index (χ1n) is 9.43. The van der Waals surface area contributed by atoms with Gasteiger partial charge in [-0.1, -0.05) is 25.0 Å². The smallest absolute Gasteiger partial charge is 0.227 e. The molecule has 0 atom stereocenters. The van der Waals surface area contributed by atoms with Crippen molar-refractivity contribution in [3.8, 4) is 0 Å². The molecule has 1 aliphatic carbocycles. The van der Waals surface area contributed by atoms with E-state index in [0.29, 0.717) is 19.3 Å². The van der Waals surface area contributed by atoms with Gasteiger partial charge in [-0.2, -0.15) is 0 Å². The zero-order valence-electron chi connectivity index (χ0n) is 14.8. The maximum atomic E-state index is 12.1. The average Bonchev–Trinajstić information content (AvgIpc) is 3.25. The number of amides is 2. The summed E-state index contributed by atoms with van der Waals surface area (Å²) >= 11 is 0. The van der Waals surface area contributed by atoms with E-state index in [1.165, 1.54) is 0 Å². The molecule has 0 spiro atoms. The Kier molecular flexibility index (Phi) is 5.74. The Balaban J connectivity index is 1.45. The zero-order valence-corrected chi connectivity index (χ0v) is 14.8. The number of aliphatic hydroxyl groups is 1. The van der Waals surface area contributed by atoms with Crippen LogP contribution in [0.4, 0.5) is 5.69 Å². The molecule has 5 nitrogen and oxygen atoms in total. The number of nitrogens with one attached hydrogen (secondary N) is 1. The highest BCUT2D eigenvalue weighted by Crippen LogP contribution is 2.32. The fourth-order valence-corrected chi connectivity index (χ4v) is 3.84. The van der Waals surface area contributed by atoms with Gasteiger partial charge in [0.05, 0.1) is 12.0 Å². The lowest BCUT2D eigenvalue weighted by molar-refractivity contribution is -0.130. The molecule has 1 aromatic rings. The van der Waals surface area contributed by atoms with Gasteiger partial charge in [0.25, 0.3) is 0 Å². The minimum Gasteiger partial charge on any atom is -0.389 e. The number of aryl methyl sites for hydroxylation is 1. The fraction of sp³-hybridized carbons (Fsp3) is 0.600. The lowest BCUT2D eigenvalue weighted by Gasteiger charge is -2.21. The summed E-state index contributed by atoms with van der Waals surface area (Å²) < 4.78 is 0. The molecule has 2 amide bonds. The van der Waals surface area contributed by atoms with Gasteiger partial charge < -0.3 is 15.3 Å². The van der Waals surface area contributed by atoms with Crippen molar-refractivity contribution in [1.29, 1.82) is 0 Å². The SMILES string of the molecule is O=C(CC1(O)CCCC1)Nc1ccc(CCC(=O)N2CCCC2)cc1. The summed E-state index contributed by atoms with van der Waals surface area (Å²) in [5.41, 5.74) is 1.01. The Morgan fingerprint density at radius 2 is 1.68 bits per heavy atom. The molecule has 0 radical (unpaired) electrons. The number of anilines is 1. The summed E-state index contributed by atoms with van der Waals surface area (Å²) in [5, 5.41) is 13.2. The topological polar surface area (TPSA) is 69.6 Å². The fourth-order valence-electron chi connectivity index (χ4n) is 3.84. The van der Waals surface area contributed by atoms with Crippen LogP contribution in [0.15, 0.2) is 24.3 Å². The van der Waals surface area contributed by atoms with Crippen molar-refractivity contribution < 1.29 is 14.7 Å². The Bertz CT molecular complexity index is 600. The lowest BCUT2D eigenvalue weighted by Crippen LogP contribution is -2.30. The molecule has 1 saturated heterocycles. The molecule has 2 aliphatic rings. The van der Waals surface area contributed by atoms with Crippen molar-refractivity contribution in [2.24, 2.45) is 0 Å². The second-order valence-corrected chi connectivity index (χ2v) is 7.44. The third kappa shape index (κ3) is 5.05. The van der Waals surface area contributed by atoms with Gasteiger partial charge in [0.1, 0.15) is 0 Å². The van der Waals surface area contributed by atoms with Crippen LogP contribution >= 0.6 is 0 Å². The van der Waals surface area contributed by atoms with Gasteiger partial charge in [0.2, 0.25) is 11.8 Å². The number of carbonyl (C=O) groups excluding carboxylic acids is 2. The van der Waals surface area contributed by atoms with Gasteiger partial charge in [-0.15, -0.1) is 0 Å². The molecular formula is C20H28N2O3. The normalized spacial score (nSPS) is 19.2. The first-order chi connectivity index (χ1) is 12.0. The van der Waals surface area contributed by atoms with E-state index in [1.807, 2.05) is 29.2 Å². The van der Waals surface area contributed by atoms with Gasteiger partial charge >= 0.3 is 0 Å². The van der Waals surface area contributed by atoms with Gasteiger partial charge in [0, 0.05) is 25.2 Å². The lowest BCUT2D eigenvalue weighted by atomic mass is 9.97. The molecule has 136 valence electrons. The zero-order chi connectivity index (χ0) is 17.7. The van der Waals surface area contributed by atoms with Crippen LogP contribution in [0.2, 0.25) is 0 Å². The molecule has 1 aliphatic heterocycles. The highest BCUT2D eigenvalue weighted by atomic mass is 16.3. The maximum absolute atomic E-state index is 12.1. The second kappa shape index (κ2) is 8.00. The minimum atomic E-state index is -0.819. The van der Waals surface area contributed by atoms with Crippen LogP contribution in [0.3, 0.4) is 0 Å². The van der Waals surface area contributed by atoms with Crippen LogP contribution in [-0.2, 0) is 16.0 Å². The molecule has 0 aromatic heterocycles. The first kappa shape index (κ1) is 17.9. The van der Waals surface area contributed by atoms with E-state index in [-0.39, 0.29) is 18.2 Å². The molecule has 0 unspecified atom stereocenters. The van der Waals surface area contributed by atoms with E-state index in [0.717, 1.165) is 56.4 Å². The molecule has 0 bridgehead atoms. The van der Waals surface area contributed by atoms with Gasteiger partial charge in [-0.05, 0) is 49.8 Å². The summed E-state index contributed by atoms with van der Waals surface area (Å²) in [6.45, 7) is 1.80. The van der Waals surface area contributed by atoms with Crippen LogP contribution in [0.5, 0.6) is 0 Å². The molecular weight excluding hydrogens is 316 g/mol. The van der Waals surface area contributed by atoms with E-state index in [2.05, 4.69) is 5.32 Å². The molecule has 2 N–H and O–H groups in total. The molecule has 3 rings (SSSR count). The summed E-state index contributed by atoms with van der Waals surface area (Å²) in [6, 6.07) is 7.65. The van der Waals surface area contributed by atoms with Gasteiger partial charge in [0.15, 0.2) is 0 Å². The van der Waals surface area contributed by atoms with Crippen molar-refractivity contribution in [3.05, 3.63) is 29.8 Å². The minimum absolute atomic E-state index is 0.138. The van der Waals surface area contributed by atoms with Crippen molar-refractivity contribution >= 4 is 17.5 Å². The predicted molar refractivity (Wildman–Crippen MR) is 97.2 cm³/mol. The van der Waals surface area contributed by atoms with Gasteiger partial charge in [-0.3, -0.25) is 9.59 Å².